The molecule has 2 fully saturated rings. The van der Waals surface area contributed by atoms with Gasteiger partial charge in [-0.05, 0) is 77.0 Å². The van der Waals surface area contributed by atoms with Gasteiger partial charge in [0.2, 0.25) is 17.7 Å². The van der Waals surface area contributed by atoms with E-state index in [0.29, 0.717) is 37.8 Å². The van der Waals surface area contributed by atoms with Gasteiger partial charge in [0.15, 0.2) is 0 Å². The molecule has 0 spiro atoms. The van der Waals surface area contributed by atoms with Crippen molar-refractivity contribution >= 4 is 29.8 Å². The Bertz CT molecular complexity index is 1240. The predicted octanol–water partition coefficient (Wildman–Crippen LogP) is 3.28. The van der Waals surface area contributed by atoms with E-state index in [9.17, 15) is 29.1 Å². The number of fused-ring (bicyclic) bond motifs is 2. The summed E-state index contributed by atoms with van der Waals surface area (Å²) in [6, 6.07) is 4.76. The number of carboxylic acid groups (broad SMARTS) is 1. The van der Waals surface area contributed by atoms with Gasteiger partial charge in [0.05, 0.1) is 5.56 Å². The van der Waals surface area contributed by atoms with Crippen molar-refractivity contribution < 1.29 is 33.8 Å². The van der Waals surface area contributed by atoms with Crippen molar-refractivity contribution in [1.29, 1.82) is 0 Å². The normalized spacial score (nSPS) is 26.5. The number of nitrogens with one attached hydrogen (secondary N) is 3. The molecule has 1 unspecified atom stereocenters. The van der Waals surface area contributed by atoms with E-state index in [-0.39, 0.29) is 29.8 Å². The summed E-state index contributed by atoms with van der Waals surface area (Å²) in [5, 5.41) is 17.9. The largest absolute Gasteiger partial charge is 0.478 e. The van der Waals surface area contributed by atoms with Crippen molar-refractivity contribution in [3.63, 3.8) is 0 Å². The van der Waals surface area contributed by atoms with Crippen LogP contribution >= 0.6 is 0 Å². The Balaban J connectivity index is 1.51. The van der Waals surface area contributed by atoms with Crippen LogP contribution in [0, 0.1) is 5.92 Å². The lowest BCUT2D eigenvalue weighted by Crippen LogP contribution is -2.57. The highest BCUT2D eigenvalue weighted by atomic mass is 16.6. The fourth-order valence-electron chi connectivity index (χ4n) is 5.70. The molecule has 4 amide bonds. The first-order valence-electron chi connectivity index (χ1n) is 14.8. The fraction of sp³-hybridized carbons (Fsp3) is 0.581. The monoisotopic (exact) mass is 582 g/mol. The molecule has 1 saturated heterocycles. The zero-order valence-corrected chi connectivity index (χ0v) is 24.6. The zero-order chi connectivity index (χ0) is 30.5. The number of carbonyl (C=O) groups is 5. The Hall–Kier alpha value is -3.89. The second-order valence-electron chi connectivity index (χ2n) is 12.4. The number of hydrogen-bond donors (Lipinski definition) is 4. The van der Waals surface area contributed by atoms with Crippen LogP contribution in [0.1, 0.15) is 88.1 Å². The van der Waals surface area contributed by atoms with Crippen LogP contribution in [0.25, 0.3) is 0 Å². The van der Waals surface area contributed by atoms with E-state index in [1.165, 1.54) is 17.0 Å². The quantitative estimate of drug-likeness (QED) is 0.389. The smallest absolute Gasteiger partial charge is 0.408 e. The van der Waals surface area contributed by atoms with Crippen LogP contribution in [0.3, 0.4) is 0 Å². The number of amides is 4. The second-order valence-corrected chi connectivity index (χ2v) is 12.4. The minimum absolute atomic E-state index is 0.111. The highest BCUT2D eigenvalue weighted by Crippen LogP contribution is 2.45. The zero-order valence-electron chi connectivity index (χ0n) is 24.6. The average Bonchev–Trinajstić information content (AvgIpc) is 3.38. The van der Waals surface area contributed by atoms with Crippen LogP contribution < -0.4 is 16.0 Å². The number of alkyl carbamates (subject to hydrolysis) is 1. The Morgan fingerprint density at radius 3 is 2.64 bits per heavy atom. The number of carbonyl (C=O) groups excluding carboxylic acids is 4. The molecule has 1 aromatic rings. The number of benzene rings is 1. The minimum atomic E-state index is -1.15. The van der Waals surface area contributed by atoms with Gasteiger partial charge in [-0.3, -0.25) is 14.4 Å². The molecule has 0 radical (unpaired) electrons. The molecule has 11 nitrogen and oxygen atoms in total. The maximum Gasteiger partial charge on any atom is 0.408 e. The van der Waals surface area contributed by atoms with E-state index in [4.69, 9.17) is 4.74 Å². The SMILES string of the molecule is CC(C)(C)OC(=O)N[C@H]1CCCCCC=C[C@@H]2C[C@@]2(C(=O)NCc2cccc(C(=O)O)c2)NC(=O)C2CCCN2C1=O. The number of nitrogens with zero attached hydrogens (tertiary/aromatic N) is 1. The number of rotatable bonds is 5. The summed E-state index contributed by atoms with van der Waals surface area (Å²) >= 11 is 0. The standard InChI is InChI=1S/C31H42N4O7/c1-30(2,3)42-29(41)33-23-14-8-6-4-5-7-13-22-18-31(22,34-25(36)24-15-10-16-35(24)26(23)37)28(40)32-19-20-11-9-12-21(17-20)27(38)39/h7,9,11-13,17,22-24H,4-6,8,10,14-16,18-19H2,1-3H3,(H,32,40)(H,33,41)(H,34,36)(H,38,39)/t22-,23+,24?,31-/m1/s1. The molecule has 3 aliphatic rings. The first-order valence-corrected chi connectivity index (χ1v) is 14.8. The van der Waals surface area contributed by atoms with Gasteiger partial charge in [-0.15, -0.1) is 0 Å². The Kier molecular flexibility index (Phi) is 9.58. The third-order valence-corrected chi connectivity index (χ3v) is 7.95. The van der Waals surface area contributed by atoms with E-state index in [1.807, 2.05) is 12.2 Å². The maximum atomic E-state index is 13.7. The highest BCUT2D eigenvalue weighted by Gasteiger charge is 2.60. The lowest BCUT2D eigenvalue weighted by atomic mass is 10.0. The van der Waals surface area contributed by atoms with Crippen molar-refractivity contribution in [3.8, 4) is 0 Å². The van der Waals surface area contributed by atoms with Gasteiger partial charge in [0, 0.05) is 19.0 Å². The number of ether oxygens (including phenoxy) is 1. The van der Waals surface area contributed by atoms with Gasteiger partial charge >= 0.3 is 12.1 Å². The van der Waals surface area contributed by atoms with Gasteiger partial charge in [0.25, 0.3) is 0 Å². The fourth-order valence-corrected chi connectivity index (χ4v) is 5.70. The van der Waals surface area contributed by atoms with Crippen molar-refractivity contribution in [2.24, 2.45) is 5.92 Å². The minimum Gasteiger partial charge on any atom is -0.478 e. The van der Waals surface area contributed by atoms with Crippen LogP contribution in [0.2, 0.25) is 0 Å². The summed E-state index contributed by atoms with van der Waals surface area (Å²) in [5.41, 5.74) is -1.11. The third kappa shape index (κ3) is 7.68. The second kappa shape index (κ2) is 13.0. The maximum absolute atomic E-state index is 13.7. The topological polar surface area (TPSA) is 154 Å². The predicted molar refractivity (Wildman–Crippen MR) is 154 cm³/mol. The van der Waals surface area contributed by atoms with Gasteiger partial charge in [-0.25, -0.2) is 9.59 Å². The molecule has 2 aliphatic heterocycles. The van der Waals surface area contributed by atoms with Gasteiger partial charge in [-0.1, -0.05) is 37.1 Å². The van der Waals surface area contributed by atoms with E-state index in [2.05, 4.69) is 16.0 Å². The molecule has 42 heavy (non-hydrogen) atoms. The number of carboxylic acids is 1. The van der Waals surface area contributed by atoms with Crippen LogP contribution in [-0.2, 0) is 25.7 Å². The third-order valence-electron chi connectivity index (χ3n) is 7.95. The molecule has 4 rings (SSSR count). The lowest BCUT2D eigenvalue weighted by Gasteiger charge is -2.30. The van der Waals surface area contributed by atoms with E-state index in [1.54, 1.807) is 32.9 Å². The molecule has 2 heterocycles. The molecule has 4 N–H and O–H groups in total. The van der Waals surface area contributed by atoms with E-state index < -0.39 is 41.2 Å². The summed E-state index contributed by atoms with van der Waals surface area (Å²) < 4.78 is 5.40. The molecule has 4 atom stereocenters. The number of aromatic carboxylic acids is 1. The van der Waals surface area contributed by atoms with E-state index in [0.717, 1.165) is 25.7 Å². The summed E-state index contributed by atoms with van der Waals surface area (Å²) in [4.78, 5) is 66.3. The average molecular weight is 583 g/mol. The highest BCUT2D eigenvalue weighted by molar-refractivity contribution is 5.98. The summed E-state index contributed by atoms with van der Waals surface area (Å²) in [5.74, 6) is -2.32. The lowest BCUT2D eigenvalue weighted by molar-refractivity contribution is -0.141. The van der Waals surface area contributed by atoms with Crippen molar-refractivity contribution in [3.05, 3.63) is 47.5 Å². The van der Waals surface area contributed by atoms with Crippen LogP contribution in [0.5, 0.6) is 0 Å². The summed E-state index contributed by atoms with van der Waals surface area (Å²) in [7, 11) is 0. The molecule has 1 aliphatic carbocycles. The van der Waals surface area contributed by atoms with E-state index >= 15 is 0 Å². The Morgan fingerprint density at radius 1 is 1.12 bits per heavy atom. The van der Waals surface area contributed by atoms with Gasteiger partial charge < -0.3 is 30.7 Å². The van der Waals surface area contributed by atoms with Crippen LogP contribution in [0.4, 0.5) is 4.79 Å². The molecule has 0 bridgehead atoms. The van der Waals surface area contributed by atoms with Crippen LogP contribution in [-0.4, -0.2) is 69.6 Å². The number of hydrogen-bond acceptors (Lipinski definition) is 6. The van der Waals surface area contributed by atoms with Crippen molar-refractivity contribution in [1.82, 2.24) is 20.9 Å². The molecular formula is C31H42N4O7. The summed E-state index contributed by atoms with van der Waals surface area (Å²) in [6.07, 6.45) is 8.55. The Morgan fingerprint density at radius 2 is 1.90 bits per heavy atom. The van der Waals surface area contributed by atoms with Gasteiger partial charge in [0.1, 0.15) is 23.2 Å². The Labute approximate surface area is 246 Å². The van der Waals surface area contributed by atoms with Crippen molar-refractivity contribution in [2.45, 2.75) is 102 Å². The van der Waals surface area contributed by atoms with Crippen LogP contribution in [0.15, 0.2) is 36.4 Å². The summed E-state index contributed by atoms with van der Waals surface area (Å²) in [6.45, 7) is 5.75. The molecule has 228 valence electrons. The molecule has 1 saturated carbocycles. The molecule has 11 heteroatoms. The molecule has 0 aromatic heterocycles. The van der Waals surface area contributed by atoms with Crippen molar-refractivity contribution in [2.75, 3.05) is 6.54 Å². The molecule has 1 aromatic carbocycles. The number of allylic oxidation sites excluding steroid dienone is 1. The van der Waals surface area contributed by atoms with Gasteiger partial charge in [-0.2, -0.15) is 0 Å². The molecular weight excluding hydrogens is 540 g/mol. The first-order chi connectivity index (χ1) is 19.9. The first kappa shape index (κ1) is 31.1.